The summed E-state index contributed by atoms with van der Waals surface area (Å²) in [4.78, 5) is 19.7. The molecule has 0 bridgehead atoms. The van der Waals surface area contributed by atoms with Crippen molar-refractivity contribution in [2.45, 2.75) is 104 Å². The zero-order valence-corrected chi connectivity index (χ0v) is 48.6. The summed E-state index contributed by atoms with van der Waals surface area (Å²) < 4.78 is 16.8. The molecule has 12 rings (SSSR count). The fourth-order valence-electron chi connectivity index (χ4n) is 10.3. The minimum Gasteiger partial charge on any atom is -0.501 e. The van der Waals surface area contributed by atoms with Crippen molar-refractivity contribution in [3.63, 3.8) is 0 Å². The van der Waals surface area contributed by atoms with E-state index in [1.807, 2.05) is 25.3 Å². The van der Waals surface area contributed by atoms with Crippen molar-refractivity contribution >= 4 is 94.4 Å². The molecule has 1 radical (unpaired) electrons. The van der Waals surface area contributed by atoms with Crippen LogP contribution < -0.4 is 4.40 Å². The van der Waals surface area contributed by atoms with Gasteiger partial charge in [0.05, 0.1) is 28.0 Å². The monoisotopic (exact) mass is 1200 g/mol. The molecule has 0 N–H and O–H groups in total. The first-order valence-electron chi connectivity index (χ1n) is 25.3. The van der Waals surface area contributed by atoms with Gasteiger partial charge in [-0.15, -0.1) is 17.7 Å². The van der Waals surface area contributed by atoms with E-state index in [0.29, 0.717) is 17.5 Å². The van der Waals surface area contributed by atoms with Gasteiger partial charge in [-0.3, -0.25) is 9.97 Å². The molecule has 6 aromatic heterocycles. The zero-order valence-electron chi connectivity index (χ0n) is 44.1. The molecule has 9 heteroatoms. The molecule has 0 saturated carbocycles. The van der Waals surface area contributed by atoms with E-state index in [-0.39, 0.29) is 25.5 Å². The second-order valence-electron chi connectivity index (χ2n) is 22.4. The Morgan fingerprint density at radius 1 is 0.658 bits per heavy atom. The van der Waals surface area contributed by atoms with E-state index in [0.717, 1.165) is 111 Å². The van der Waals surface area contributed by atoms with E-state index in [1.54, 1.807) is 0 Å². The Bertz CT molecular complexity index is 4080. The van der Waals surface area contributed by atoms with Crippen LogP contribution in [-0.2, 0) is 25.5 Å². The van der Waals surface area contributed by atoms with Crippen LogP contribution in [-0.4, -0.2) is 37.8 Å². The number of para-hydroxylation sites is 2. The fraction of sp³-hybridized carbons (Fsp3) is 0.250. The molecule has 0 aliphatic rings. The summed E-state index contributed by atoms with van der Waals surface area (Å²) in [6, 6.07) is 47.6. The molecular formula is C64H61GeIrN5O2-2. The van der Waals surface area contributed by atoms with E-state index >= 15 is 0 Å². The third-order valence-corrected chi connectivity index (χ3v) is 18.5. The van der Waals surface area contributed by atoms with E-state index < -0.39 is 13.3 Å². The van der Waals surface area contributed by atoms with Crippen molar-refractivity contribution < 1.29 is 28.9 Å². The first-order valence-corrected chi connectivity index (χ1v) is 32.6. The summed E-state index contributed by atoms with van der Waals surface area (Å²) in [5.74, 6) is 8.64. The molecule has 7 nitrogen and oxygen atoms in total. The van der Waals surface area contributed by atoms with E-state index in [2.05, 4.69) is 199 Å². The average molecular weight is 1200 g/mol. The molecule has 0 aliphatic heterocycles. The van der Waals surface area contributed by atoms with Crippen LogP contribution in [0.5, 0.6) is 0 Å². The maximum absolute atomic E-state index is 6.86. The quantitative estimate of drug-likeness (QED) is 0.0937. The molecule has 0 unspecified atom stereocenters. The number of imidazole rings is 1. The predicted octanol–water partition coefficient (Wildman–Crippen LogP) is 16.9. The van der Waals surface area contributed by atoms with Crippen molar-refractivity contribution in [2.75, 3.05) is 0 Å². The van der Waals surface area contributed by atoms with Gasteiger partial charge in [-0.1, -0.05) is 93.6 Å². The molecule has 369 valence electrons. The molecular weight excluding hydrogens is 1140 g/mol. The van der Waals surface area contributed by atoms with Gasteiger partial charge in [-0.25, -0.2) is 0 Å². The number of pyridine rings is 3. The number of furan rings is 2. The Balaban J connectivity index is 0.000000187. The SMILES string of the molecule is CC(C)(C)c1ccc2c(n1)oc1c(-c3cc[c]([Ge]([CH3])([CH3])[CH3])cn3)[c-]ccc12.Cc1cc(C(C)C)c(-n2c(-c3[c-]cc(C)c4c3oc3cc5c(ccc6ccc(C)nc65)cc34)nc3ccccc32)c(C(C)C)c1.[Ir]. The van der Waals surface area contributed by atoms with Crippen molar-refractivity contribution in [1.82, 2.24) is 24.5 Å². The standard InChI is InChI=1S/C41H36N3O.C23H25GeN2O.Ir/c1-22(2)30-18-24(5)19-31(23(3)4)39(30)44-35-11-9-8-10-34(35)43-41(44)29-17-12-25(6)37-33-20-28-16-15-27-14-13-26(7)42-38(27)32(28)21-36(33)45-40(29)37;1-23(2,3)20-13-11-17-16-8-7-9-18(21(16)27-22(17)26-20)19-12-10-15(14-25-19)24(4,5)6;/h8-16,18-23H,1-7H3;7-8,10-14H,1-6H3;/q2*-1;. The van der Waals surface area contributed by atoms with E-state index in [4.69, 9.17) is 28.8 Å². The molecule has 6 aromatic carbocycles. The largest absolute Gasteiger partial charge is 0.501 e. The number of nitrogens with zero attached hydrogens (tertiary/aromatic N) is 5. The number of hydrogen-bond donors (Lipinski definition) is 0. The number of fused-ring (bicyclic) bond motifs is 10. The van der Waals surface area contributed by atoms with Gasteiger partial charge < -0.3 is 8.98 Å². The van der Waals surface area contributed by atoms with Crippen LogP contribution in [0.15, 0.2) is 130 Å². The van der Waals surface area contributed by atoms with Gasteiger partial charge in [0.15, 0.2) is 0 Å². The van der Waals surface area contributed by atoms with Crippen molar-refractivity contribution in [1.29, 1.82) is 0 Å². The molecule has 0 spiro atoms. The van der Waals surface area contributed by atoms with Gasteiger partial charge >= 0.3 is 163 Å². The summed E-state index contributed by atoms with van der Waals surface area (Å²) in [5.41, 5.74) is 17.1. The number of rotatable bonds is 6. The van der Waals surface area contributed by atoms with Gasteiger partial charge in [0.1, 0.15) is 5.58 Å². The Kier molecular flexibility index (Phi) is 12.9. The Hall–Kier alpha value is -6.45. The summed E-state index contributed by atoms with van der Waals surface area (Å²) >= 11 is -1.87. The molecule has 0 fully saturated rings. The molecule has 0 atom stereocenters. The predicted molar refractivity (Wildman–Crippen MR) is 303 cm³/mol. The van der Waals surface area contributed by atoms with Crippen LogP contribution in [0.1, 0.15) is 93.9 Å². The summed E-state index contributed by atoms with van der Waals surface area (Å²) in [5, 5.41) is 7.68. The van der Waals surface area contributed by atoms with Crippen LogP contribution in [0.4, 0.5) is 0 Å². The maximum Gasteiger partial charge on any atom is 0.121 e. The van der Waals surface area contributed by atoms with Gasteiger partial charge in [0.2, 0.25) is 0 Å². The van der Waals surface area contributed by atoms with Crippen LogP contribution in [0, 0.1) is 32.9 Å². The minimum atomic E-state index is -1.87. The molecule has 73 heavy (non-hydrogen) atoms. The Labute approximate surface area is 444 Å². The first kappa shape index (κ1) is 50.1. The fourth-order valence-corrected chi connectivity index (χ4v) is 12.4. The van der Waals surface area contributed by atoms with Gasteiger partial charge in [-0.05, 0) is 72.5 Å². The van der Waals surface area contributed by atoms with Crippen molar-refractivity contribution in [3.8, 4) is 28.3 Å². The average Bonchev–Trinajstić information content (AvgIpc) is 4.04. The van der Waals surface area contributed by atoms with Crippen molar-refractivity contribution in [3.05, 3.63) is 167 Å². The zero-order chi connectivity index (χ0) is 50.5. The topological polar surface area (TPSA) is 82.8 Å². The van der Waals surface area contributed by atoms with Crippen LogP contribution >= 0.6 is 0 Å². The summed E-state index contributed by atoms with van der Waals surface area (Å²) in [7, 11) is 0. The molecule has 0 saturated heterocycles. The number of aromatic nitrogens is 5. The van der Waals surface area contributed by atoms with Crippen LogP contribution in [0.3, 0.4) is 0 Å². The molecule has 0 aliphatic carbocycles. The Morgan fingerprint density at radius 2 is 1.38 bits per heavy atom. The first-order chi connectivity index (χ1) is 34.3. The second kappa shape index (κ2) is 18.8. The number of hydrogen-bond acceptors (Lipinski definition) is 6. The smallest absolute Gasteiger partial charge is 0.121 e. The minimum absolute atomic E-state index is 0. The third-order valence-electron chi connectivity index (χ3n) is 14.2. The van der Waals surface area contributed by atoms with Gasteiger partial charge in [0, 0.05) is 47.6 Å². The third kappa shape index (κ3) is 8.89. The molecule has 0 amide bonds. The normalized spacial score (nSPS) is 12.3. The van der Waals surface area contributed by atoms with Crippen molar-refractivity contribution in [2.24, 2.45) is 0 Å². The Morgan fingerprint density at radius 3 is 2.08 bits per heavy atom. The number of aryl methyl sites for hydroxylation is 3. The molecule has 6 heterocycles. The van der Waals surface area contributed by atoms with Gasteiger partial charge in [0.25, 0.3) is 0 Å². The van der Waals surface area contributed by atoms with Crippen LogP contribution in [0.2, 0.25) is 17.3 Å². The van der Waals surface area contributed by atoms with E-state index in [9.17, 15) is 0 Å². The summed E-state index contributed by atoms with van der Waals surface area (Å²) in [6.07, 6.45) is 2.03. The van der Waals surface area contributed by atoms with E-state index in [1.165, 1.54) is 26.8 Å². The number of benzene rings is 6. The second-order valence-corrected chi connectivity index (χ2v) is 33.0. The van der Waals surface area contributed by atoms with Gasteiger partial charge in [-0.2, -0.15) is 0 Å². The maximum atomic E-state index is 6.86. The molecule has 12 aromatic rings. The summed E-state index contributed by atoms with van der Waals surface area (Å²) in [6.45, 7) is 22.0. The van der Waals surface area contributed by atoms with Crippen LogP contribution in [0.25, 0.3) is 105 Å².